The first-order valence-corrected chi connectivity index (χ1v) is 7.92. The van der Waals surface area contributed by atoms with Gasteiger partial charge in [-0.2, -0.15) is 8.42 Å². The molecule has 0 fully saturated rings. The Morgan fingerprint density at radius 1 is 1.45 bits per heavy atom. The summed E-state index contributed by atoms with van der Waals surface area (Å²) in [6, 6.07) is 4.55. The van der Waals surface area contributed by atoms with Crippen LogP contribution in [0.15, 0.2) is 27.8 Å². The summed E-state index contributed by atoms with van der Waals surface area (Å²) in [7, 11) is -0.900. The smallest absolute Gasteiger partial charge is 0.281 e. The fourth-order valence-electron chi connectivity index (χ4n) is 1.53. The molecule has 7 nitrogen and oxygen atoms in total. The van der Waals surface area contributed by atoms with Crippen molar-refractivity contribution in [3.63, 3.8) is 0 Å². The van der Waals surface area contributed by atoms with Crippen LogP contribution < -0.4 is 9.46 Å². The number of nitrogens with zero attached hydrogens (tertiary/aromatic N) is 3. The summed E-state index contributed by atoms with van der Waals surface area (Å²) < 4.78 is 33.3. The topological polar surface area (TPSA) is 86.1 Å². The number of hydrogen-bond acceptors (Lipinski definition) is 5. The second-order valence-corrected chi connectivity index (χ2v) is 6.52. The number of methoxy groups -OCH3 is 1. The van der Waals surface area contributed by atoms with Gasteiger partial charge in [0.1, 0.15) is 5.75 Å². The van der Waals surface area contributed by atoms with E-state index in [-0.39, 0.29) is 9.63 Å². The number of nitrogens with one attached hydrogen (secondary N) is 1. The maximum atomic E-state index is 12.3. The van der Waals surface area contributed by atoms with E-state index in [1.807, 2.05) is 0 Å². The Hall–Kier alpha value is -1.32. The second-order valence-electron chi connectivity index (χ2n) is 3.76. The zero-order chi connectivity index (χ0) is 14.9. The van der Waals surface area contributed by atoms with Crippen molar-refractivity contribution in [1.29, 1.82) is 0 Å². The summed E-state index contributed by atoms with van der Waals surface area (Å²) in [5.74, 6) is 0.370. The van der Waals surface area contributed by atoms with E-state index >= 15 is 0 Å². The SMILES string of the molecule is COc1cc(NS(=O)(=O)c2c(Br)nnn2C)ccc1Cl. The van der Waals surface area contributed by atoms with Gasteiger partial charge in [-0.3, -0.25) is 4.72 Å². The minimum absolute atomic E-state index is 0.0774. The maximum absolute atomic E-state index is 12.3. The molecule has 1 aromatic carbocycles. The largest absolute Gasteiger partial charge is 0.495 e. The van der Waals surface area contributed by atoms with Gasteiger partial charge in [0, 0.05) is 13.1 Å². The van der Waals surface area contributed by atoms with Crippen molar-refractivity contribution in [2.45, 2.75) is 5.03 Å². The van der Waals surface area contributed by atoms with Gasteiger partial charge in [0.2, 0.25) is 5.03 Å². The monoisotopic (exact) mass is 380 g/mol. The third-order valence-corrected chi connectivity index (χ3v) is 4.97. The molecular formula is C10H10BrClN4O3S. The van der Waals surface area contributed by atoms with Gasteiger partial charge in [-0.05, 0) is 28.1 Å². The first kappa shape index (κ1) is 15.1. The number of anilines is 1. The lowest BCUT2D eigenvalue weighted by Crippen LogP contribution is -2.17. The molecule has 20 heavy (non-hydrogen) atoms. The lowest BCUT2D eigenvalue weighted by atomic mass is 10.3. The summed E-state index contributed by atoms with van der Waals surface area (Å²) in [4.78, 5) is 0. The van der Waals surface area contributed by atoms with E-state index in [9.17, 15) is 8.42 Å². The third kappa shape index (κ3) is 2.89. The number of halogens is 2. The van der Waals surface area contributed by atoms with Crippen LogP contribution >= 0.6 is 27.5 Å². The van der Waals surface area contributed by atoms with Crippen LogP contribution in [0.5, 0.6) is 5.75 Å². The molecule has 0 bridgehead atoms. The summed E-state index contributed by atoms with van der Waals surface area (Å²) in [5, 5.41) is 7.57. The molecule has 1 N–H and O–H groups in total. The molecule has 1 aromatic heterocycles. The lowest BCUT2D eigenvalue weighted by molar-refractivity contribution is 0.415. The van der Waals surface area contributed by atoms with Gasteiger partial charge in [0.15, 0.2) is 4.60 Å². The molecule has 0 aliphatic rings. The zero-order valence-electron chi connectivity index (χ0n) is 10.5. The number of hydrogen-bond donors (Lipinski definition) is 1. The van der Waals surface area contributed by atoms with Crippen molar-refractivity contribution < 1.29 is 13.2 Å². The Kier molecular flexibility index (Phi) is 4.21. The van der Waals surface area contributed by atoms with Crippen molar-refractivity contribution in [3.05, 3.63) is 27.8 Å². The van der Waals surface area contributed by atoms with Crippen LogP contribution in [0.1, 0.15) is 0 Å². The fraction of sp³-hybridized carbons (Fsp3) is 0.200. The molecule has 0 aliphatic carbocycles. The molecule has 0 aliphatic heterocycles. The van der Waals surface area contributed by atoms with Crippen molar-refractivity contribution in [2.24, 2.45) is 7.05 Å². The molecule has 0 saturated heterocycles. The molecule has 108 valence electrons. The van der Waals surface area contributed by atoms with E-state index in [0.717, 1.165) is 4.68 Å². The third-order valence-electron chi connectivity index (χ3n) is 2.39. The van der Waals surface area contributed by atoms with Gasteiger partial charge in [0.25, 0.3) is 10.0 Å². The Balaban J connectivity index is 2.39. The highest BCUT2D eigenvalue weighted by molar-refractivity contribution is 9.10. The number of aryl methyl sites for hydroxylation is 1. The first-order chi connectivity index (χ1) is 9.35. The van der Waals surface area contributed by atoms with Gasteiger partial charge in [-0.25, -0.2) is 4.68 Å². The van der Waals surface area contributed by atoms with E-state index in [1.165, 1.54) is 32.4 Å². The number of sulfonamides is 1. The summed E-state index contributed by atoms with van der Waals surface area (Å²) >= 11 is 8.93. The molecule has 0 amide bonds. The van der Waals surface area contributed by atoms with Crippen LogP contribution in [0.4, 0.5) is 5.69 Å². The van der Waals surface area contributed by atoms with Crippen LogP contribution in [0.3, 0.4) is 0 Å². The number of ether oxygens (including phenoxy) is 1. The van der Waals surface area contributed by atoms with Gasteiger partial charge in [0.05, 0.1) is 17.8 Å². The quantitative estimate of drug-likeness (QED) is 0.876. The number of rotatable bonds is 4. The summed E-state index contributed by atoms with van der Waals surface area (Å²) in [6.45, 7) is 0. The predicted molar refractivity (Wildman–Crippen MR) is 77.5 cm³/mol. The highest BCUT2D eigenvalue weighted by Gasteiger charge is 2.24. The molecule has 2 aromatic rings. The average molecular weight is 382 g/mol. The van der Waals surface area contributed by atoms with Crippen LogP contribution in [-0.2, 0) is 17.1 Å². The van der Waals surface area contributed by atoms with Crippen molar-refractivity contribution in [1.82, 2.24) is 15.0 Å². The fourth-order valence-corrected chi connectivity index (χ4v) is 3.88. The van der Waals surface area contributed by atoms with Crippen LogP contribution in [0.25, 0.3) is 0 Å². The van der Waals surface area contributed by atoms with Crippen molar-refractivity contribution in [3.8, 4) is 5.75 Å². The molecular weight excluding hydrogens is 372 g/mol. The first-order valence-electron chi connectivity index (χ1n) is 5.26. The average Bonchev–Trinajstić information content (AvgIpc) is 2.71. The minimum Gasteiger partial charge on any atom is -0.495 e. The normalized spacial score (nSPS) is 11.4. The summed E-state index contributed by atoms with van der Waals surface area (Å²) in [6.07, 6.45) is 0. The molecule has 2 rings (SSSR count). The van der Waals surface area contributed by atoms with E-state index in [0.29, 0.717) is 16.5 Å². The highest BCUT2D eigenvalue weighted by atomic mass is 79.9. The van der Waals surface area contributed by atoms with E-state index in [4.69, 9.17) is 16.3 Å². The number of aromatic nitrogens is 3. The Morgan fingerprint density at radius 2 is 2.15 bits per heavy atom. The van der Waals surface area contributed by atoms with Gasteiger partial charge in [-0.1, -0.05) is 16.8 Å². The Bertz CT molecular complexity index is 727. The summed E-state index contributed by atoms with van der Waals surface area (Å²) in [5.41, 5.74) is 0.319. The molecule has 0 saturated carbocycles. The highest BCUT2D eigenvalue weighted by Crippen LogP contribution is 2.29. The molecule has 1 heterocycles. The van der Waals surface area contributed by atoms with E-state index < -0.39 is 10.0 Å². The molecule has 10 heteroatoms. The standard InChI is InChI=1S/C10H10BrClN4O3S/c1-16-10(9(11)13-15-16)20(17,18)14-6-3-4-7(12)8(5-6)19-2/h3-5,14H,1-2H3. The van der Waals surface area contributed by atoms with Crippen LogP contribution in [0.2, 0.25) is 5.02 Å². The predicted octanol–water partition coefficient (Wildman–Crippen LogP) is 2.04. The lowest BCUT2D eigenvalue weighted by Gasteiger charge is -2.10. The van der Waals surface area contributed by atoms with Crippen LogP contribution in [-0.4, -0.2) is 30.5 Å². The molecule has 0 radical (unpaired) electrons. The molecule has 0 spiro atoms. The van der Waals surface area contributed by atoms with Gasteiger partial charge in [-0.15, -0.1) is 5.10 Å². The van der Waals surface area contributed by atoms with Crippen molar-refractivity contribution in [2.75, 3.05) is 11.8 Å². The Morgan fingerprint density at radius 3 is 2.70 bits per heavy atom. The molecule has 0 atom stereocenters. The van der Waals surface area contributed by atoms with Crippen molar-refractivity contribution >= 4 is 43.2 Å². The molecule has 0 unspecified atom stereocenters. The second kappa shape index (κ2) is 5.58. The van der Waals surface area contributed by atoms with Crippen LogP contribution in [0, 0.1) is 0 Å². The maximum Gasteiger partial charge on any atom is 0.281 e. The van der Waals surface area contributed by atoms with Gasteiger partial charge >= 0.3 is 0 Å². The Labute approximate surface area is 129 Å². The van der Waals surface area contributed by atoms with Gasteiger partial charge < -0.3 is 4.74 Å². The number of benzene rings is 1. The minimum atomic E-state index is -3.83. The zero-order valence-corrected chi connectivity index (χ0v) is 13.6. The van der Waals surface area contributed by atoms with E-state index in [1.54, 1.807) is 0 Å². The van der Waals surface area contributed by atoms with E-state index in [2.05, 4.69) is 31.0 Å².